The van der Waals surface area contributed by atoms with Crippen molar-refractivity contribution in [3.8, 4) is 5.75 Å². The van der Waals surface area contributed by atoms with Crippen molar-refractivity contribution in [2.24, 2.45) is 0 Å². The Balaban J connectivity index is 3.43. The van der Waals surface area contributed by atoms with Crippen LogP contribution in [0.3, 0.4) is 0 Å². The highest BCUT2D eigenvalue weighted by Crippen LogP contribution is 2.29. The minimum atomic E-state index is 0.0415. The van der Waals surface area contributed by atoms with Gasteiger partial charge in [-0.3, -0.25) is 4.79 Å². The van der Waals surface area contributed by atoms with Gasteiger partial charge in [-0.1, -0.05) is 0 Å². The molecule has 0 fully saturated rings. The Kier molecular flexibility index (Phi) is 3.96. The Hall–Kier alpha value is 0.150. The van der Waals surface area contributed by atoms with Crippen LogP contribution in [0, 0.1) is 7.14 Å². The highest BCUT2D eigenvalue weighted by atomic mass is 127. The molecule has 0 saturated heterocycles. The van der Waals surface area contributed by atoms with Gasteiger partial charge in [0.25, 0.3) is 0 Å². The highest BCUT2D eigenvalue weighted by molar-refractivity contribution is 14.1. The van der Waals surface area contributed by atoms with Crippen molar-refractivity contribution in [2.45, 2.75) is 6.92 Å². The van der Waals surface area contributed by atoms with E-state index in [4.69, 9.17) is 4.74 Å². The molecule has 1 aromatic rings. The van der Waals surface area contributed by atoms with Crippen LogP contribution in [0.4, 0.5) is 0 Å². The van der Waals surface area contributed by atoms with Crippen LogP contribution in [0.15, 0.2) is 12.1 Å². The summed E-state index contributed by atoms with van der Waals surface area (Å²) in [6, 6.07) is 3.86. The van der Waals surface area contributed by atoms with Gasteiger partial charge in [-0.25, -0.2) is 0 Å². The molecule has 0 bridgehead atoms. The third kappa shape index (κ3) is 2.34. The molecule has 0 radical (unpaired) electrons. The fraction of sp³-hybridized carbons (Fsp3) is 0.222. The molecule has 4 heteroatoms. The average molecular weight is 402 g/mol. The van der Waals surface area contributed by atoms with Gasteiger partial charge in [-0.15, -0.1) is 0 Å². The molecule has 0 aliphatic carbocycles. The molecule has 1 rings (SSSR count). The van der Waals surface area contributed by atoms with Gasteiger partial charge in [0.15, 0.2) is 5.78 Å². The number of carbonyl (C=O) groups excluding carboxylic acids is 1. The first-order chi connectivity index (χ1) is 6.07. The van der Waals surface area contributed by atoms with Crippen LogP contribution in [-0.2, 0) is 0 Å². The standard InChI is InChI=1S/C9H8I2O2/c1-5(12)8-6(10)3-4-7(11)9(8)13-2/h3-4H,1-2H3. The zero-order valence-electron chi connectivity index (χ0n) is 7.23. The summed E-state index contributed by atoms with van der Waals surface area (Å²) in [5.41, 5.74) is 0.676. The third-order valence-corrected chi connectivity index (χ3v) is 3.36. The molecule has 0 aliphatic rings. The Morgan fingerprint density at radius 1 is 1.31 bits per heavy atom. The van der Waals surface area contributed by atoms with E-state index in [1.54, 1.807) is 14.0 Å². The van der Waals surface area contributed by atoms with Crippen molar-refractivity contribution in [3.05, 3.63) is 24.8 Å². The topological polar surface area (TPSA) is 26.3 Å². The zero-order valence-corrected chi connectivity index (χ0v) is 11.5. The lowest BCUT2D eigenvalue weighted by atomic mass is 10.1. The van der Waals surface area contributed by atoms with Crippen molar-refractivity contribution in [2.75, 3.05) is 7.11 Å². The maximum atomic E-state index is 11.3. The fourth-order valence-corrected chi connectivity index (χ4v) is 2.54. The number of rotatable bonds is 2. The molecule has 0 unspecified atom stereocenters. The highest BCUT2D eigenvalue weighted by Gasteiger charge is 2.14. The van der Waals surface area contributed by atoms with Gasteiger partial charge in [0.1, 0.15) is 5.75 Å². The lowest BCUT2D eigenvalue weighted by Crippen LogP contribution is -2.02. The Morgan fingerprint density at radius 2 is 1.85 bits per heavy atom. The lowest BCUT2D eigenvalue weighted by molar-refractivity contribution is 0.101. The number of halogens is 2. The van der Waals surface area contributed by atoms with Crippen LogP contribution >= 0.6 is 45.2 Å². The summed E-state index contributed by atoms with van der Waals surface area (Å²) >= 11 is 4.29. The first kappa shape index (κ1) is 11.2. The summed E-state index contributed by atoms with van der Waals surface area (Å²) in [4.78, 5) is 11.3. The normalized spacial score (nSPS) is 9.85. The summed E-state index contributed by atoms with van der Waals surface area (Å²) in [6.45, 7) is 1.55. The fourth-order valence-electron chi connectivity index (χ4n) is 1.06. The number of benzene rings is 1. The van der Waals surface area contributed by atoms with Crippen LogP contribution in [0.5, 0.6) is 5.75 Å². The summed E-state index contributed by atoms with van der Waals surface area (Å²) in [5, 5.41) is 0. The minimum absolute atomic E-state index is 0.0415. The Labute approximate surface area is 104 Å². The molecule has 1 aromatic carbocycles. The monoisotopic (exact) mass is 402 g/mol. The maximum Gasteiger partial charge on any atom is 0.164 e. The van der Waals surface area contributed by atoms with Gasteiger partial charge in [0.2, 0.25) is 0 Å². The van der Waals surface area contributed by atoms with Crippen molar-refractivity contribution < 1.29 is 9.53 Å². The Morgan fingerprint density at radius 3 is 2.23 bits per heavy atom. The molecule has 70 valence electrons. The van der Waals surface area contributed by atoms with Gasteiger partial charge in [-0.2, -0.15) is 0 Å². The number of ketones is 1. The van der Waals surface area contributed by atoms with Crippen LogP contribution in [0.2, 0.25) is 0 Å². The lowest BCUT2D eigenvalue weighted by Gasteiger charge is -2.09. The summed E-state index contributed by atoms with van der Waals surface area (Å²) < 4.78 is 7.08. The number of Topliss-reactive ketones (excluding diaryl/α,β-unsaturated/α-hetero) is 1. The van der Waals surface area contributed by atoms with E-state index in [-0.39, 0.29) is 5.78 Å². The van der Waals surface area contributed by atoms with Crippen LogP contribution in [0.1, 0.15) is 17.3 Å². The van der Waals surface area contributed by atoms with E-state index >= 15 is 0 Å². The second-order valence-electron chi connectivity index (χ2n) is 2.49. The van der Waals surface area contributed by atoms with Gasteiger partial charge in [0.05, 0.1) is 16.2 Å². The first-order valence-corrected chi connectivity index (χ1v) is 5.76. The predicted molar refractivity (Wildman–Crippen MR) is 68.4 cm³/mol. The molecule has 0 heterocycles. The van der Waals surface area contributed by atoms with Gasteiger partial charge < -0.3 is 4.74 Å². The molecule has 0 aromatic heterocycles. The molecule has 0 amide bonds. The molecular formula is C9H8I2O2. The van der Waals surface area contributed by atoms with Crippen LogP contribution < -0.4 is 4.74 Å². The predicted octanol–water partition coefficient (Wildman–Crippen LogP) is 3.11. The summed E-state index contributed by atoms with van der Waals surface area (Å²) in [6.07, 6.45) is 0. The number of carbonyl (C=O) groups is 1. The molecule has 0 N–H and O–H groups in total. The molecular weight excluding hydrogens is 394 g/mol. The zero-order chi connectivity index (χ0) is 10.0. The van der Waals surface area contributed by atoms with E-state index in [2.05, 4.69) is 45.2 Å². The van der Waals surface area contributed by atoms with Crippen molar-refractivity contribution in [3.63, 3.8) is 0 Å². The second kappa shape index (κ2) is 4.59. The average Bonchev–Trinajstić information content (AvgIpc) is 2.07. The van der Waals surface area contributed by atoms with Gasteiger partial charge >= 0.3 is 0 Å². The second-order valence-corrected chi connectivity index (χ2v) is 4.82. The van der Waals surface area contributed by atoms with Crippen LogP contribution in [-0.4, -0.2) is 12.9 Å². The molecule has 0 atom stereocenters. The van der Waals surface area contributed by atoms with E-state index in [1.807, 2.05) is 12.1 Å². The largest absolute Gasteiger partial charge is 0.495 e. The van der Waals surface area contributed by atoms with E-state index in [1.165, 1.54) is 0 Å². The van der Waals surface area contributed by atoms with E-state index in [0.717, 1.165) is 7.14 Å². The number of methoxy groups -OCH3 is 1. The molecule has 13 heavy (non-hydrogen) atoms. The number of hydrogen-bond acceptors (Lipinski definition) is 2. The van der Waals surface area contributed by atoms with Crippen LogP contribution in [0.25, 0.3) is 0 Å². The van der Waals surface area contributed by atoms with Crippen molar-refractivity contribution in [1.82, 2.24) is 0 Å². The summed E-state index contributed by atoms with van der Waals surface area (Å²) in [7, 11) is 1.58. The first-order valence-electron chi connectivity index (χ1n) is 3.61. The van der Waals surface area contributed by atoms with Gasteiger partial charge in [-0.05, 0) is 64.2 Å². The molecule has 0 aliphatic heterocycles. The van der Waals surface area contributed by atoms with Crippen molar-refractivity contribution in [1.29, 1.82) is 0 Å². The molecule has 2 nitrogen and oxygen atoms in total. The quantitative estimate of drug-likeness (QED) is 0.562. The minimum Gasteiger partial charge on any atom is -0.495 e. The Bertz CT molecular complexity index is 348. The molecule has 0 spiro atoms. The third-order valence-electron chi connectivity index (χ3n) is 1.61. The van der Waals surface area contributed by atoms with E-state index < -0.39 is 0 Å². The maximum absolute atomic E-state index is 11.3. The van der Waals surface area contributed by atoms with E-state index in [0.29, 0.717) is 11.3 Å². The van der Waals surface area contributed by atoms with Crippen molar-refractivity contribution >= 4 is 51.0 Å². The van der Waals surface area contributed by atoms with Gasteiger partial charge in [0, 0.05) is 3.57 Å². The number of ether oxygens (including phenoxy) is 1. The smallest absolute Gasteiger partial charge is 0.164 e. The summed E-state index contributed by atoms with van der Waals surface area (Å²) in [5.74, 6) is 0.722. The molecule has 0 saturated carbocycles. The SMILES string of the molecule is COc1c(I)ccc(I)c1C(C)=O. The number of hydrogen-bond donors (Lipinski definition) is 0. The van der Waals surface area contributed by atoms with E-state index in [9.17, 15) is 4.79 Å².